The second kappa shape index (κ2) is 8.47. The maximum absolute atomic E-state index is 4.51. The summed E-state index contributed by atoms with van der Waals surface area (Å²) in [6, 6.07) is 41.4. The summed E-state index contributed by atoms with van der Waals surface area (Å²) in [5.74, 6) is 0. The Morgan fingerprint density at radius 3 is 2.18 bits per heavy atom. The van der Waals surface area contributed by atoms with E-state index < -0.39 is 0 Å². The number of benzene rings is 5. The third-order valence-corrected chi connectivity index (χ3v) is 8.01. The Hall–Kier alpha value is -5.08. The number of nitrogens with zero attached hydrogens (tertiary/aromatic N) is 1. The van der Waals surface area contributed by atoms with Crippen LogP contribution in [0.2, 0.25) is 0 Å². The normalized spacial score (nSPS) is 14.7. The molecule has 7 aromatic rings. The van der Waals surface area contributed by atoms with Crippen molar-refractivity contribution >= 4 is 44.9 Å². The number of aromatic amines is 1. The first-order valence-corrected chi connectivity index (χ1v) is 13.4. The molecule has 2 nitrogen and oxygen atoms in total. The average molecular weight is 499 g/mol. The number of allylic oxidation sites excluding steroid dienone is 1. The van der Waals surface area contributed by atoms with E-state index in [4.69, 9.17) is 0 Å². The highest BCUT2D eigenvalue weighted by atomic mass is 15.0. The van der Waals surface area contributed by atoms with E-state index in [-0.39, 0.29) is 0 Å². The topological polar surface area (TPSA) is 20.7 Å². The molecule has 1 aliphatic rings. The zero-order valence-electron chi connectivity index (χ0n) is 21.5. The van der Waals surface area contributed by atoms with Crippen molar-refractivity contribution in [2.45, 2.75) is 6.42 Å². The van der Waals surface area contributed by atoms with Crippen molar-refractivity contribution in [1.29, 1.82) is 0 Å². The predicted octanol–water partition coefficient (Wildman–Crippen LogP) is 7.65. The average Bonchev–Trinajstić information content (AvgIpc) is 3.47. The summed E-state index contributed by atoms with van der Waals surface area (Å²) < 4.78 is 2.38. The Kier molecular flexibility index (Phi) is 4.77. The van der Waals surface area contributed by atoms with Gasteiger partial charge in [-0.25, -0.2) is 0 Å². The van der Waals surface area contributed by atoms with Crippen LogP contribution in [-0.2, 0) is 6.42 Å². The number of nitrogens with one attached hydrogen (secondary N) is 1. The number of hydrogen-bond acceptors (Lipinski definition) is 0. The number of aromatic nitrogens is 2. The van der Waals surface area contributed by atoms with Crippen molar-refractivity contribution in [3.63, 3.8) is 0 Å². The smallest absolute Gasteiger partial charge is 0.0543 e. The van der Waals surface area contributed by atoms with Crippen molar-refractivity contribution in [3.05, 3.63) is 149 Å². The molecule has 0 saturated heterocycles. The van der Waals surface area contributed by atoms with E-state index >= 15 is 0 Å². The minimum Gasteiger partial charge on any atom is -0.354 e. The van der Waals surface area contributed by atoms with Gasteiger partial charge in [0.15, 0.2) is 0 Å². The van der Waals surface area contributed by atoms with Crippen LogP contribution in [0.5, 0.6) is 0 Å². The Morgan fingerprint density at radius 2 is 1.33 bits per heavy atom. The molecule has 0 amide bonds. The fraction of sp³-hybridized carbons (Fsp3) is 0.0270. The molecule has 39 heavy (non-hydrogen) atoms. The lowest BCUT2D eigenvalue weighted by molar-refractivity contribution is 1.06. The van der Waals surface area contributed by atoms with Gasteiger partial charge in [-0.3, -0.25) is 0 Å². The number of para-hydroxylation sites is 2. The van der Waals surface area contributed by atoms with Gasteiger partial charge in [0.2, 0.25) is 0 Å². The van der Waals surface area contributed by atoms with Crippen LogP contribution in [0.1, 0.15) is 11.1 Å². The van der Waals surface area contributed by atoms with E-state index in [1.165, 1.54) is 65.5 Å². The lowest BCUT2D eigenvalue weighted by atomic mass is 9.95. The summed E-state index contributed by atoms with van der Waals surface area (Å²) in [6.07, 6.45) is 5.46. The first-order valence-electron chi connectivity index (χ1n) is 13.4. The molecule has 0 saturated carbocycles. The zero-order valence-corrected chi connectivity index (χ0v) is 21.5. The number of hydrogen-bond donors (Lipinski definition) is 1. The number of fused-ring (bicyclic) bond motifs is 7. The number of H-pyrrole nitrogens is 1. The minimum atomic E-state index is 0.815. The van der Waals surface area contributed by atoms with Crippen molar-refractivity contribution in [3.8, 4) is 16.8 Å². The molecule has 0 fully saturated rings. The van der Waals surface area contributed by atoms with Crippen LogP contribution in [0.25, 0.3) is 61.7 Å². The van der Waals surface area contributed by atoms with Gasteiger partial charge in [0.1, 0.15) is 0 Å². The van der Waals surface area contributed by atoms with E-state index in [1.807, 2.05) is 0 Å². The van der Waals surface area contributed by atoms with Crippen LogP contribution in [0, 0.1) is 0 Å². The molecule has 0 radical (unpaired) electrons. The lowest BCUT2D eigenvalue weighted by Crippen LogP contribution is -2.29. The van der Waals surface area contributed by atoms with Crippen LogP contribution in [0.4, 0.5) is 0 Å². The molecule has 0 atom stereocenters. The van der Waals surface area contributed by atoms with Gasteiger partial charge in [0.05, 0.1) is 10.9 Å². The monoisotopic (exact) mass is 498 g/mol. The van der Waals surface area contributed by atoms with Gasteiger partial charge in [0, 0.05) is 38.1 Å². The first kappa shape index (κ1) is 22.0. The lowest BCUT2D eigenvalue weighted by Gasteiger charge is -2.12. The van der Waals surface area contributed by atoms with Crippen molar-refractivity contribution < 1.29 is 0 Å². The molecule has 2 heterocycles. The van der Waals surface area contributed by atoms with Gasteiger partial charge >= 0.3 is 0 Å². The third-order valence-electron chi connectivity index (χ3n) is 8.01. The van der Waals surface area contributed by atoms with Crippen LogP contribution in [-0.4, -0.2) is 9.55 Å². The molecule has 184 valence electrons. The fourth-order valence-electron chi connectivity index (χ4n) is 6.18. The zero-order chi connectivity index (χ0) is 25.9. The van der Waals surface area contributed by atoms with Gasteiger partial charge < -0.3 is 9.55 Å². The van der Waals surface area contributed by atoms with Gasteiger partial charge in [-0.15, -0.1) is 0 Å². The largest absolute Gasteiger partial charge is 0.354 e. The van der Waals surface area contributed by atoms with Gasteiger partial charge in [-0.2, -0.15) is 0 Å². The van der Waals surface area contributed by atoms with Crippen LogP contribution < -0.4 is 10.6 Å². The molecule has 1 aliphatic carbocycles. The van der Waals surface area contributed by atoms with Crippen molar-refractivity contribution in [2.75, 3.05) is 0 Å². The maximum Gasteiger partial charge on any atom is 0.0543 e. The molecule has 2 aromatic heterocycles. The van der Waals surface area contributed by atoms with E-state index in [9.17, 15) is 0 Å². The molecule has 0 unspecified atom stereocenters. The van der Waals surface area contributed by atoms with E-state index in [1.54, 1.807) is 0 Å². The maximum atomic E-state index is 4.51. The summed E-state index contributed by atoms with van der Waals surface area (Å²) in [5.41, 5.74) is 10.8. The summed E-state index contributed by atoms with van der Waals surface area (Å²) >= 11 is 0. The second-order valence-electron chi connectivity index (χ2n) is 10.5. The molecular formula is C37H26N2. The van der Waals surface area contributed by atoms with Crippen molar-refractivity contribution in [2.24, 2.45) is 0 Å². The molecule has 0 aliphatic heterocycles. The number of rotatable bonds is 2. The SMILES string of the molecule is C=C1/C=c2\c(c3ccccc3n2-c2ccc(-c3ccccc3)cc2)=C/c2cc3[nH]c4ccccc4c3cc2C1. The molecule has 5 aromatic carbocycles. The molecule has 0 spiro atoms. The molecule has 0 bridgehead atoms. The standard InChI is InChI=1S/C37H26N2/c1-24-19-27-21-32-30-11-5-7-13-34(30)38-35(32)23-28(27)22-33-31-12-6-8-14-36(31)39(37(33)20-24)29-17-15-26(16-18-29)25-9-3-2-4-10-25/h2-18,20-23,38H,1,19H2/b33-22-,37-20+. The van der Waals surface area contributed by atoms with Gasteiger partial charge in [-0.1, -0.05) is 85.4 Å². The van der Waals surface area contributed by atoms with Gasteiger partial charge in [-0.05, 0) is 82.8 Å². The Bertz CT molecular complexity index is 2190. The molecule has 2 heteroatoms. The van der Waals surface area contributed by atoms with Crippen LogP contribution in [0.15, 0.2) is 127 Å². The Labute approximate surface area is 226 Å². The van der Waals surface area contributed by atoms with Crippen LogP contribution in [0.3, 0.4) is 0 Å². The summed E-state index contributed by atoms with van der Waals surface area (Å²) in [4.78, 5) is 3.63. The first-order chi connectivity index (χ1) is 19.2. The Morgan fingerprint density at radius 1 is 0.615 bits per heavy atom. The highest BCUT2D eigenvalue weighted by molar-refractivity contribution is 6.08. The van der Waals surface area contributed by atoms with Gasteiger partial charge in [0.25, 0.3) is 0 Å². The van der Waals surface area contributed by atoms with Crippen LogP contribution >= 0.6 is 0 Å². The van der Waals surface area contributed by atoms with E-state index in [2.05, 4.69) is 144 Å². The summed E-state index contributed by atoms with van der Waals surface area (Å²) in [5, 5.41) is 6.19. The summed E-state index contributed by atoms with van der Waals surface area (Å²) in [7, 11) is 0. The third kappa shape index (κ3) is 3.49. The van der Waals surface area contributed by atoms with Crippen molar-refractivity contribution in [1.82, 2.24) is 9.55 Å². The van der Waals surface area contributed by atoms with E-state index in [0.29, 0.717) is 0 Å². The van der Waals surface area contributed by atoms with E-state index in [0.717, 1.165) is 17.7 Å². The molecular weight excluding hydrogens is 472 g/mol. The molecule has 1 N–H and O–H groups in total. The fourth-order valence-corrected chi connectivity index (χ4v) is 6.18. The second-order valence-corrected chi connectivity index (χ2v) is 10.5. The highest BCUT2D eigenvalue weighted by Crippen LogP contribution is 2.30. The quantitative estimate of drug-likeness (QED) is 0.253. The highest BCUT2D eigenvalue weighted by Gasteiger charge is 2.15. The molecule has 8 rings (SSSR count). The minimum absolute atomic E-state index is 0.815. The predicted molar refractivity (Wildman–Crippen MR) is 165 cm³/mol. The Balaban J connectivity index is 1.39. The summed E-state index contributed by atoms with van der Waals surface area (Å²) in [6.45, 7) is 4.51.